The third-order valence-electron chi connectivity index (χ3n) is 5.15. The number of aryl methyl sites for hydroxylation is 1. The monoisotopic (exact) mass is 493 g/mol. The molecule has 0 bridgehead atoms. The molecule has 8 heteroatoms. The van der Waals surface area contributed by atoms with Crippen LogP contribution in [0.15, 0.2) is 48.5 Å². The van der Waals surface area contributed by atoms with Crippen LogP contribution in [0.5, 0.6) is 5.75 Å². The topological polar surface area (TPSA) is 108 Å². The molecule has 0 saturated heterocycles. The largest absolute Gasteiger partial charge is 0.507 e. The summed E-state index contributed by atoms with van der Waals surface area (Å²) in [6.45, 7) is 10.4. The fraction of sp³-hybridized carbons (Fsp3) is 0.393. The summed E-state index contributed by atoms with van der Waals surface area (Å²) in [6, 6.07) is 13.6. The predicted molar refractivity (Wildman–Crippen MR) is 138 cm³/mol. The van der Waals surface area contributed by atoms with Crippen LogP contribution in [0.3, 0.4) is 0 Å². The lowest BCUT2D eigenvalue weighted by molar-refractivity contribution is -0.138. The molecule has 2 atom stereocenters. The van der Waals surface area contributed by atoms with Crippen LogP contribution in [-0.4, -0.2) is 45.6 Å². The fourth-order valence-corrected chi connectivity index (χ4v) is 3.60. The van der Waals surface area contributed by atoms with E-state index in [-0.39, 0.29) is 23.8 Å². The zero-order chi connectivity index (χ0) is 27.0. The Bertz CT molecular complexity index is 1120. The molecule has 2 aromatic carbocycles. The molecule has 2 aromatic rings. The molecule has 3 N–H and O–H groups in total. The number of aromatic hydroxyl groups is 1. The lowest BCUT2D eigenvalue weighted by Crippen LogP contribution is -2.52. The first-order valence-corrected chi connectivity index (χ1v) is 11.8. The molecule has 0 aliphatic carbocycles. The van der Waals surface area contributed by atoms with E-state index in [1.165, 1.54) is 6.07 Å². The van der Waals surface area contributed by atoms with E-state index in [0.717, 1.165) is 10.5 Å². The van der Waals surface area contributed by atoms with Crippen LogP contribution < -0.4 is 10.6 Å². The summed E-state index contributed by atoms with van der Waals surface area (Å²) < 4.78 is 5.36. The summed E-state index contributed by atoms with van der Waals surface area (Å²) in [4.78, 5) is 40.7. The first kappa shape index (κ1) is 28.2. The summed E-state index contributed by atoms with van der Waals surface area (Å²) in [5.41, 5.74) is 0.677. The number of hydrogen-bond acceptors (Lipinski definition) is 5. The Morgan fingerprint density at radius 1 is 1.06 bits per heavy atom. The second-order valence-corrected chi connectivity index (χ2v) is 9.80. The number of carbonyl (C=O) groups excluding carboxylic acids is 3. The van der Waals surface area contributed by atoms with Crippen molar-refractivity contribution < 1.29 is 24.2 Å². The first-order chi connectivity index (χ1) is 16.8. The summed E-state index contributed by atoms with van der Waals surface area (Å²) >= 11 is 0. The smallest absolute Gasteiger partial charge is 0.408 e. The summed E-state index contributed by atoms with van der Waals surface area (Å²) in [7, 11) is 0. The Morgan fingerprint density at radius 2 is 1.69 bits per heavy atom. The average molecular weight is 494 g/mol. The number of alkyl carbamates (subject to hydrolysis) is 1. The van der Waals surface area contributed by atoms with E-state index >= 15 is 0 Å². The molecule has 0 radical (unpaired) electrons. The van der Waals surface area contributed by atoms with Gasteiger partial charge in [0.2, 0.25) is 5.91 Å². The lowest BCUT2D eigenvalue weighted by atomic mass is 9.98. The van der Waals surface area contributed by atoms with Crippen molar-refractivity contribution in [2.45, 2.75) is 71.7 Å². The number of phenolic OH excluding ortho intramolecular Hbond substituents is 1. The van der Waals surface area contributed by atoms with Crippen LogP contribution in [0.1, 0.15) is 57.4 Å². The molecule has 0 fully saturated rings. The van der Waals surface area contributed by atoms with E-state index in [1.807, 2.05) is 30.3 Å². The van der Waals surface area contributed by atoms with Gasteiger partial charge in [0.05, 0.1) is 0 Å². The number of para-hydroxylation sites is 1. The normalized spacial score (nSPS) is 12.7. The van der Waals surface area contributed by atoms with E-state index in [9.17, 15) is 19.5 Å². The second-order valence-electron chi connectivity index (χ2n) is 9.80. The van der Waals surface area contributed by atoms with Crippen LogP contribution in [0.25, 0.3) is 0 Å². The highest BCUT2D eigenvalue weighted by Crippen LogP contribution is 2.32. The molecule has 36 heavy (non-hydrogen) atoms. The van der Waals surface area contributed by atoms with Crippen molar-refractivity contribution in [2.24, 2.45) is 0 Å². The van der Waals surface area contributed by atoms with Crippen molar-refractivity contribution in [1.29, 1.82) is 0 Å². The number of terminal acetylenes is 1. The molecule has 3 amide bonds. The number of hydrogen-bond donors (Lipinski definition) is 3. The lowest BCUT2D eigenvalue weighted by Gasteiger charge is -2.31. The van der Waals surface area contributed by atoms with Crippen molar-refractivity contribution in [2.75, 3.05) is 0 Å². The highest BCUT2D eigenvalue weighted by Gasteiger charge is 2.37. The van der Waals surface area contributed by atoms with E-state index in [0.29, 0.717) is 5.56 Å². The number of rotatable bonds is 8. The maximum absolute atomic E-state index is 13.8. The molecule has 0 spiro atoms. The first-order valence-electron chi connectivity index (χ1n) is 11.8. The van der Waals surface area contributed by atoms with Crippen LogP contribution in [0, 0.1) is 19.4 Å². The SMILES string of the molecule is C#CN(C(=O)C(Cc1ccccc1)NC(=O)OC(C)(C)C)C(C(=O)NC(C)C)c1cccc(C)c1O. The molecule has 192 valence electrons. The number of phenols is 1. The van der Waals surface area contributed by atoms with Crippen LogP contribution in [-0.2, 0) is 20.7 Å². The van der Waals surface area contributed by atoms with Crippen molar-refractivity contribution in [3.05, 3.63) is 65.2 Å². The Morgan fingerprint density at radius 3 is 2.25 bits per heavy atom. The van der Waals surface area contributed by atoms with Gasteiger partial charge >= 0.3 is 6.09 Å². The standard InChI is InChI=1S/C28H35N3O5/c1-8-31(23(25(33)29-18(2)3)21-16-12-13-19(4)24(21)32)26(34)22(17-20-14-10-9-11-15-20)30-27(35)36-28(5,6)7/h1,9-16,18,22-23,32H,17H2,2-7H3,(H,29,33)(H,30,35). The molecule has 0 aliphatic rings. The van der Waals surface area contributed by atoms with Crippen molar-refractivity contribution in [3.8, 4) is 18.2 Å². The van der Waals surface area contributed by atoms with Gasteiger partial charge in [-0.05, 0) is 52.7 Å². The molecular weight excluding hydrogens is 458 g/mol. The third kappa shape index (κ3) is 7.77. The number of nitrogens with one attached hydrogen (secondary N) is 2. The molecule has 2 rings (SSSR count). The number of nitrogens with zero attached hydrogens (tertiary/aromatic N) is 1. The van der Waals surface area contributed by atoms with Gasteiger partial charge in [0.15, 0.2) is 6.04 Å². The Balaban J connectivity index is 2.52. The summed E-state index contributed by atoms with van der Waals surface area (Å²) in [5, 5.41) is 16.1. The maximum Gasteiger partial charge on any atom is 0.408 e. The molecule has 0 aliphatic heterocycles. The van der Waals surface area contributed by atoms with Crippen LogP contribution >= 0.6 is 0 Å². The zero-order valence-corrected chi connectivity index (χ0v) is 21.7. The van der Waals surface area contributed by atoms with Crippen molar-refractivity contribution in [1.82, 2.24) is 15.5 Å². The van der Waals surface area contributed by atoms with Crippen molar-refractivity contribution in [3.63, 3.8) is 0 Å². The molecule has 8 nitrogen and oxygen atoms in total. The van der Waals surface area contributed by atoms with Gasteiger partial charge < -0.3 is 20.5 Å². The number of carbonyl (C=O) groups is 3. The minimum Gasteiger partial charge on any atom is -0.507 e. The summed E-state index contributed by atoms with van der Waals surface area (Å²) in [6.07, 6.45) is 5.09. The van der Waals surface area contributed by atoms with Gasteiger partial charge in [-0.25, -0.2) is 4.79 Å². The Kier molecular flexibility index (Phi) is 9.51. The molecule has 2 unspecified atom stereocenters. The quantitative estimate of drug-likeness (QED) is 0.383. The predicted octanol–water partition coefficient (Wildman–Crippen LogP) is 3.82. The highest BCUT2D eigenvalue weighted by atomic mass is 16.6. The Labute approximate surface area is 213 Å². The van der Waals surface area contributed by atoms with E-state index in [2.05, 4.69) is 16.7 Å². The van der Waals surface area contributed by atoms with Crippen LogP contribution in [0.2, 0.25) is 0 Å². The molecule has 0 saturated carbocycles. The minimum atomic E-state index is -1.33. The van der Waals surface area contributed by atoms with Gasteiger partial charge in [-0.15, -0.1) is 0 Å². The third-order valence-corrected chi connectivity index (χ3v) is 5.15. The van der Waals surface area contributed by atoms with E-state index < -0.39 is 35.6 Å². The fourth-order valence-electron chi connectivity index (χ4n) is 3.60. The highest BCUT2D eigenvalue weighted by molar-refractivity contribution is 5.94. The Hall–Kier alpha value is -3.99. The second kappa shape index (κ2) is 12.1. The van der Waals surface area contributed by atoms with Gasteiger partial charge in [0, 0.05) is 24.1 Å². The summed E-state index contributed by atoms with van der Waals surface area (Å²) in [5.74, 6) is -1.40. The zero-order valence-electron chi connectivity index (χ0n) is 21.7. The van der Waals surface area contributed by atoms with Crippen molar-refractivity contribution >= 4 is 17.9 Å². The number of ether oxygens (including phenoxy) is 1. The van der Waals surface area contributed by atoms with Gasteiger partial charge in [-0.2, -0.15) is 0 Å². The molecule has 0 heterocycles. The van der Waals surface area contributed by atoms with E-state index in [1.54, 1.807) is 53.7 Å². The van der Waals surface area contributed by atoms with Gasteiger partial charge in [-0.1, -0.05) is 55.0 Å². The average Bonchev–Trinajstić information content (AvgIpc) is 2.77. The number of benzene rings is 2. The maximum atomic E-state index is 13.8. The molecule has 0 aromatic heterocycles. The number of amides is 3. The van der Waals surface area contributed by atoms with Gasteiger partial charge in [-0.3, -0.25) is 14.5 Å². The van der Waals surface area contributed by atoms with Gasteiger partial charge in [0.1, 0.15) is 17.4 Å². The van der Waals surface area contributed by atoms with E-state index in [4.69, 9.17) is 11.2 Å². The van der Waals surface area contributed by atoms with Gasteiger partial charge in [0.25, 0.3) is 5.91 Å². The van der Waals surface area contributed by atoms with Crippen LogP contribution in [0.4, 0.5) is 4.79 Å². The minimum absolute atomic E-state index is 0.107. The molecular formula is C28H35N3O5.